The van der Waals surface area contributed by atoms with Crippen molar-refractivity contribution in [1.82, 2.24) is 15.3 Å². The number of amides is 1. The Balaban J connectivity index is 1.49. The number of fused-ring (bicyclic) bond motifs is 1. The van der Waals surface area contributed by atoms with E-state index in [0.717, 1.165) is 17.7 Å². The maximum Gasteiger partial charge on any atom is 0.341 e. The number of carbonyl (C=O) groups is 2. The molecule has 1 aliphatic rings. The number of rotatable bonds is 9. The van der Waals surface area contributed by atoms with E-state index >= 15 is 0 Å². The van der Waals surface area contributed by atoms with E-state index in [1.54, 1.807) is 38.1 Å². The average molecular weight is 551 g/mol. The van der Waals surface area contributed by atoms with E-state index in [-0.39, 0.29) is 35.6 Å². The molecule has 1 atom stereocenters. The number of aromatic nitrogens is 2. The third kappa shape index (κ3) is 6.44. The van der Waals surface area contributed by atoms with Gasteiger partial charge in [-0.3, -0.25) is 4.79 Å². The molecule has 4 rings (SSSR count). The molecule has 1 unspecified atom stereocenters. The Hall–Kier alpha value is -3.79. The number of hydrogen-bond donors (Lipinski definition) is 1. The second-order valence-electron chi connectivity index (χ2n) is 9.87. The van der Waals surface area contributed by atoms with Crippen LogP contribution in [0.2, 0.25) is 0 Å². The minimum absolute atomic E-state index is 0.0432. The lowest BCUT2D eigenvalue weighted by atomic mass is 9.82. The molecule has 2 heterocycles. The third-order valence-electron chi connectivity index (χ3n) is 6.94. The molecule has 39 heavy (non-hydrogen) atoms. The molecule has 206 valence electrons. The molecule has 1 aromatic heterocycles. The lowest BCUT2D eigenvalue weighted by molar-refractivity contribution is 0.0525. The molecule has 0 bridgehead atoms. The van der Waals surface area contributed by atoms with E-state index in [1.165, 1.54) is 18.0 Å². The van der Waals surface area contributed by atoms with Crippen LogP contribution in [-0.2, 0) is 27.7 Å². The topological polar surface area (TPSA) is 119 Å². The number of hydrogen-bond acceptors (Lipinski definition) is 8. The van der Waals surface area contributed by atoms with Crippen LogP contribution in [0, 0.1) is 5.92 Å². The zero-order valence-corrected chi connectivity index (χ0v) is 23.5. The first-order valence-corrected chi connectivity index (χ1v) is 14.7. The first-order chi connectivity index (χ1) is 18.6. The van der Waals surface area contributed by atoms with E-state index in [9.17, 15) is 18.0 Å². The molecule has 0 radical (unpaired) electrons. The zero-order chi connectivity index (χ0) is 28.2. The van der Waals surface area contributed by atoms with Gasteiger partial charge in [0.15, 0.2) is 9.84 Å². The summed E-state index contributed by atoms with van der Waals surface area (Å²) in [5.74, 6) is 0.466. The molecular weight excluding hydrogens is 516 g/mol. The minimum atomic E-state index is -3.26. The summed E-state index contributed by atoms with van der Waals surface area (Å²) in [4.78, 5) is 36.2. The van der Waals surface area contributed by atoms with Crippen LogP contribution in [0.1, 0.15) is 71.0 Å². The van der Waals surface area contributed by atoms with Crippen LogP contribution in [0.5, 0.6) is 0 Å². The lowest BCUT2D eigenvalue weighted by Crippen LogP contribution is -2.37. The van der Waals surface area contributed by atoms with Crippen molar-refractivity contribution < 1.29 is 22.7 Å². The molecule has 1 amide bonds. The van der Waals surface area contributed by atoms with Gasteiger partial charge in [-0.2, -0.15) is 0 Å². The van der Waals surface area contributed by atoms with Crippen molar-refractivity contribution in [3.05, 3.63) is 82.7 Å². The molecule has 9 nitrogen and oxygen atoms in total. The van der Waals surface area contributed by atoms with Crippen molar-refractivity contribution in [1.29, 1.82) is 0 Å². The van der Waals surface area contributed by atoms with Gasteiger partial charge in [0.25, 0.3) is 5.91 Å². The maximum absolute atomic E-state index is 13.0. The van der Waals surface area contributed by atoms with E-state index in [2.05, 4.69) is 34.0 Å². The van der Waals surface area contributed by atoms with Gasteiger partial charge >= 0.3 is 5.97 Å². The fourth-order valence-corrected chi connectivity index (χ4v) is 5.53. The summed E-state index contributed by atoms with van der Waals surface area (Å²) in [5.41, 5.74) is 3.89. The highest BCUT2D eigenvalue weighted by atomic mass is 32.2. The fraction of sp³-hybridized carbons (Fsp3) is 0.379. The molecule has 3 aromatic rings. The zero-order valence-electron chi connectivity index (χ0n) is 22.7. The van der Waals surface area contributed by atoms with E-state index in [4.69, 9.17) is 4.74 Å². The maximum atomic E-state index is 13.0. The Bertz CT molecular complexity index is 1440. The van der Waals surface area contributed by atoms with E-state index in [0.29, 0.717) is 29.5 Å². The summed E-state index contributed by atoms with van der Waals surface area (Å²) in [6.07, 6.45) is 2.96. The predicted molar refractivity (Wildman–Crippen MR) is 148 cm³/mol. The van der Waals surface area contributed by atoms with Gasteiger partial charge in [-0.05, 0) is 53.8 Å². The van der Waals surface area contributed by atoms with Crippen molar-refractivity contribution in [3.8, 4) is 0 Å². The molecule has 0 saturated heterocycles. The Morgan fingerprint density at radius 3 is 2.36 bits per heavy atom. The predicted octanol–water partition coefficient (Wildman–Crippen LogP) is 4.14. The summed E-state index contributed by atoms with van der Waals surface area (Å²) in [6, 6.07) is 12.4. The molecule has 0 fully saturated rings. The van der Waals surface area contributed by atoms with Gasteiger partial charge in [-0.1, -0.05) is 39.0 Å². The number of ether oxygens (including phenoxy) is 1. The highest BCUT2D eigenvalue weighted by Gasteiger charge is 2.29. The molecule has 1 aliphatic heterocycles. The van der Waals surface area contributed by atoms with Gasteiger partial charge in [-0.15, -0.1) is 0 Å². The number of carbonyl (C=O) groups excluding carboxylic acids is 2. The van der Waals surface area contributed by atoms with Gasteiger partial charge in [0.05, 0.1) is 22.8 Å². The fourth-order valence-electron chi connectivity index (χ4n) is 4.64. The number of nitrogens with zero attached hydrogens (tertiary/aromatic N) is 3. The largest absolute Gasteiger partial charge is 0.462 e. The highest BCUT2D eigenvalue weighted by molar-refractivity contribution is 7.91. The van der Waals surface area contributed by atoms with Crippen LogP contribution >= 0.6 is 0 Å². The van der Waals surface area contributed by atoms with E-state index < -0.39 is 15.8 Å². The summed E-state index contributed by atoms with van der Waals surface area (Å²) < 4.78 is 29.1. The standard InChI is InChI=1S/C29H34N4O5S/c1-5-38-28(35)23-15-31-29(32-16-23)33-17-22-13-21(9-12-25(22)26(18-33)19(3)4)27(34)30-14-20-7-10-24(11-8-20)39(36,37)6-2/h7-13,15-16,19,26H,5-6,14,17-18H2,1-4H3,(H,30,34). The molecular formula is C29H34N4O5S. The SMILES string of the molecule is CCOC(=O)c1cnc(N2Cc3cc(C(=O)NCc4ccc(S(=O)(=O)CC)cc4)ccc3C(C(C)C)C2)nc1. The van der Waals surface area contributed by atoms with Gasteiger partial charge in [0.1, 0.15) is 0 Å². The van der Waals surface area contributed by atoms with Crippen molar-refractivity contribution >= 4 is 27.7 Å². The van der Waals surface area contributed by atoms with Gasteiger partial charge in [-0.25, -0.2) is 23.2 Å². The molecule has 10 heteroatoms. The number of esters is 1. The van der Waals surface area contributed by atoms with Gasteiger partial charge in [0.2, 0.25) is 5.95 Å². The van der Waals surface area contributed by atoms with Crippen LogP contribution in [0.4, 0.5) is 5.95 Å². The number of anilines is 1. The summed E-state index contributed by atoms with van der Waals surface area (Å²) >= 11 is 0. The van der Waals surface area contributed by atoms with Crippen LogP contribution in [0.3, 0.4) is 0 Å². The third-order valence-corrected chi connectivity index (χ3v) is 8.69. The van der Waals surface area contributed by atoms with Gasteiger partial charge < -0.3 is 15.0 Å². The number of sulfone groups is 1. The van der Waals surface area contributed by atoms with E-state index in [1.807, 2.05) is 18.2 Å². The Morgan fingerprint density at radius 1 is 1.05 bits per heavy atom. The van der Waals surface area contributed by atoms with Crippen LogP contribution in [-0.4, -0.2) is 49.2 Å². The van der Waals surface area contributed by atoms with Crippen LogP contribution in [0.15, 0.2) is 59.8 Å². The summed E-state index contributed by atoms with van der Waals surface area (Å²) in [7, 11) is -3.26. The first-order valence-electron chi connectivity index (χ1n) is 13.1. The van der Waals surface area contributed by atoms with Crippen LogP contribution in [0.25, 0.3) is 0 Å². The number of benzene rings is 2. The lowest BCUT2D eigenvalue weighted by Gasteiger charge is -2.37. The first kappa shape index (κ1) is 28.2. The highest BCUT2D eigenvalue weighted by Crippen LogP contribution is 2.35. The second kappa shape index (κ2) is 11.9. The Labute approximate surface area is 229 Å². The van der Waals surface area contributed by atoms with Crippen molar-refractivity contribution in [2.75, 3.05) is 23.8 Å². The van der Waals surface area contributed by atoms with Crippen LogP contribution < -0.4 is 10.2 Å². The van der Waals surface area contributed by atoms with Crippen molar-refractivity contribution in [3.63, 3.8) is 0 Å². The quantitative estimate of drug-likeness (QED) is 0.395. The van der Waals surface area contributed by atoms with Crippen molar-refractivity contribution in [2.24, 2.45) is 5.92 Å². The molecule has 0 spiro atoms. The molecule has 2 aromatic carbocycles. The molecule has 1 N–H and O–H groups in total. The molecule has 0 saturated carbocycles. The second-order valence-corrected chi connectivity index (χ2v) is 12.1. The Morgan fingerprint density at radius 2 is 1.74 bits per heavy atom. The van der Waals surface area contributed by atoms with Crippen molar-refractivity contribution in [2.45, 2.75) is 51.6 Å². The Kier molecular flexibility index (Phi) is 8.64. The average Bonchev–Trinajstić information content (AvgIpc) is 2.95. The monoisotopic (exact) mass is 550 g/mol. The normalized spacial score (nSPS) is 15.1. The minimum Gasteiger partial charge on any atom is -0.462 e. The summed E-state index contributed by atoms with van der Waals surface area (Å²) in [5, 5.41) is 2.93. The smallest absolute Gasteiger partial charge is 0.341 e. The van der Waals surface area contributed by atoms with Gasteiger partial charge in [0, 0.05) is 43.5 Å². The molecule has 0 aliphatic carbocycles. The summed E-state index contributed by atoms with van der Waals surface area (Å²) in [6.45, 7) is 9.51. The number of nitrogens with one attached hydrogen (secondary N) is 1.